The van der Waals surface area contributed by atoms with Crippen molar-refractivity contribution in [2.45, 2.75) is 31.7 Å². The summed E-state index contributed by atoms with van der Waals surface area (Å²) in [6, 6.07) is -0.721. The van der Waals surface area contributed by atoms with Crippen LogP contribution in [0.15, 0.2) is 0 Å². The van der Waals surface area contributed by atoms with E-state index in [0.29, 0.717) is 19.3 Å². The molecule has 0 aromatic heterocycles. The van der Waals surface area contributed by atoms with Crippen LogP contribution in [0.25, 0.3) is 0 Å². The van der Waals surface area contributed by atoms with Gasteiger partial charge < -0.3 is 15.3 Å². The monoisotopic (exact) mass is 283 g/mol. The Hall–Kier alpha value is -2.12. The van der Waals surface area contributed by atoms with Gasteiger partial charge in [0.15, 0.2) is 0 Å². The number of nitrogens with zero attached hydrogens (tertiary/aromatic N) is 1. The van der Waals surface area contributed by atoms with Crippen molar-refractivity contribution in [2.75, 3.05) is 13.1 Å². The van der Waals surface area contributed by atoms with Gasteiger partial charge in [-0.05, 0) is 19.3 Å². The van der Waals surface area contributed by atoms with Crippen LogP contribution < -0.4 is 10.6 Å². The second-order valence-corrected chi connectivity index (χ2v) is 5.18. The van der Waals surface area contributed by atoms with Crippen LogP contribution in [0, 0.1) is 5.92 Å². The molecule has 4 amide bonds. The second kappa shape index (κ2) is 5.89. The van der Waals surface area contributed by atoms with E-state index in [2.05, 4.69) is 10.6 Å². The number of nitrogens with one attached hydrogen (secondary N) is 2. The molecule has 20 heavy (non-hydrogen) atoms. The van der Waals surface area contributed by atoms with E-state index in [0.717, 1.165) is 11.3 Å². The Labute approximate surface area is 115 Å². The zero-order chi connectivity index (χ0) is 14.7. The summed E-state index contributed by atoms with van der Waals surface area (Å²) in [5.41, 5.74) is 0. The third-order valence-corrected chi connectivity index (χ3v) is 3.59. The highest BCUT2D eigenvalue weighted by Gasteiger charge is 2.31. The molecule has 2 rings (SSSR count). The lowest BCUT2D eigenvalue weighted by molar-refractivity contribution is -0.143. The summed E-state index contributed by atoms with van der Waals surface area (Å²) in [4.78, 5) is 46.4. The van der Waals surface area contributed by atoms with E-state index in [1.807, 2.05) is 0 Å². The molecule has 1 saturated heterocycles. The van der Waals surface area contributed by atoms with E-state index in [1.165, 1.54) is 0 Å². The van der Waals surface area contributed by atoms with Crippen molar-refractivity contribution in [3.63, 3.8) is 0 Å². The number of hydrogen-bond acceptors (Lipinski definition) is 4. The molecule has 8 nitrogen and oxygen atoms in total. The summed E-state index contributed by atoms with van der Waals surface area (Å²) in [5.74, 6) is -2.32. The van der Waals surface area contributed by atoms with Gasteiger partial charge >= 0.3 is 12.0 Å². The summed E-state index contributed by atoms with van der Waals surface area (Å²) in [6.07, 6.45) is 2.45. The molecule has 1 saturated carbocycles. The summed E-state index contributed by atoms with van der Waals surface area (Å²) < 4.78 is 0. The van der Waals surface area contributed by atoms with Crippen molar-refractivity contribution in [1.82, 2.24) is 15.5 Å². The summed E-state index contributed by atoms with van der Waals surface area (Å²) in [6.45, 7) is -0.320. The molecule has 110 valence electrons. The summed E-state index contributed by atoms with van der Waals surface area (Å²) in [7, 11) is 0. The highest BCUT2D eigenvalue weighted by atomic mass is 16.4. The van der Waals surface area contributed by atoms with Crippen LogP contribution in [0.3, 0.4) is 0 Å². The molecule has 1 heterocycles. The first-order valence-electron chi connectivity index (χ1n) is 6.56. The lowest BCUT2D eigenvalue weighted by Gasteiger charge is -2.31. The molecule has 2 atom stereocenters. The molecular weight excluding hydrogens is 266 g/mol. The molecule has 3 N–H and O–H groups in total. The minimum atomic E-state index is -0.850. The van der Waals surface area contributed by atoms with Gasteiger partial charge in [-0.15, -0.1) is 0 Å². The molecule has 0 bridgehead atoms. The normalized spacial score (nSPS) is 26.9. The van der Waals surface area contributed by atoms with Crippen LogP contribution in [0.4, 0.5) is 4.79 Å². The fraction of sp³-hybridized carbons (Fsp3) is 0.667. The number of hydrogen-bond donors (Lipinski definition) is 3. The van der Waals surface area contributed by atoms with E-state index in [-0.39, 0.29) is 19.1 Å². The van der Waals surface area contributed by atoms with Gasteiger partial charge in [0.25, 0.3) is 0 Å². The van der Waals surface area contributed by atoms with E-state index >= 15 is 0 Å². The molecule has 0 aromatic carbocycles. The van der Waals surface area contributed by atoms with Crippen LogP contribution in [-0.2, 0) is 14.4 Å². The number of imide groups is 1. The molecule has 2 unspecified atom stereocenters. The smallest absolute Gasteiger partial charge is 0.318 e. The standard InChI is InChI=1S/C12H17N3O5/c16-9-5-15(6-10(17)14-9)12(20)13-8-3-1-2-7(4-8)11(18)19/h7-8H,1-6H2,(H,13,20)(H,18,19)(H,14,16,17). The van der Waals surface area contributed by atoms with E-state index < -0.39 is 29.7 Å². The number of carbonyl (C=O) groups excluding carboxylic acids is 3. The van der Waals surface area contributed by atoms with E-state index in [9.17, 15) is 19.2 Å². The maximum atomic E-state index is 12.0. The minimum Gasteiger partial charge on any atom is -0.481 e. The largest absolute Gasteiger partial charge is 0.481 e. The molecule has 0 radical (unpaired) electrons. The highest BCUT2D eigenvalue weighted by Crippen LogP contribution is 2.24. The lowest BCUT2D eigenvalue weighted by Crippen LogP contribution is -2.57. The third-order valence-electron chi connectivity index (χ3n) is 3.59. The Balaban J connectivity index is 1.89. The van der Waals surface area contributed by atoms with Gasteiger partial charge in [0.1, 0.15) is 13.1 Å². The molecule has 0 spiro atoms. The number of carboxylic acid groups (broad SMARTS) is 1. The quantitative estimate of drug-likeness (QED) is 0.579. The van der Waals surface area contributed by atoms with Gasteiger partial charge in [-0.1, -0.05) is 6.42 Å². The Morgan fingerprint density at radius 1 is 1.20 bits per heavy atom. The zero-order valence-corrected chi connectivity index (χ0v) is 10.9. The van der Waals surface area contributed by atoms with Crippen LogP contribution >= 0.6 is 0 Å². The van der Waals surface area contributed by atoms with Gasteiger partial charge in [0.05, 0.1) is 5.92 Å². The molecular formula is C12H17N3O5. The SMILES string of the molecule is O=C1CN(C(=O)NC2CCCC(C(=O)O)C2)CC(=O)N1. The number of aliphatic carboxylic acids is 1. The maximum absolute atomic E-state index is 12.0. The molecule has 2 aliphatic rings. The number of piperazine rings is 1. The van der Waals surface area contributed by atoms with Crippen molar-refractivity contribution in [3.8, 4) is 0 Å². The van der Waals surface area contributed by atoms with Crippen molar-refractivity contribution in [2.24, 2.45) is 5.92 Å². The predicted molar refractivity (Wildman–Crippen MR) is 66.6 cm³/mol. The Morgan fingerprint density at radius 2 is 1.85 bits per heavy atom. The topological polar surface area (TPSA) is 116 Å². The summed E-state index contributed by atoms with van der Waals surface area (Å²) in [5, 5.41) is 13.8. The molecule has 0 aromatic rings. The third kappa shape index (κ3) is 3.46. The van der Waals surface area contributed by atoms with Crippen molar-refractivity contribution in [3.05, 3.63) is 0 Å². The number of amides is 4. The first kappa shape index (κ1) is 14.3. The summed E-state index contributed by atoms with van der Waals surface area (Å²) >= 11 is 0. The van der Waals surface area contributed by atoms with Gasteiger partial charge in [0, 0.05) is 6.04 Å². The predicted octanol–water partition coefficient (Wildman–Crippen LogP) is -0.702. The average Bonchev–Trinajstić information content (AvgIpc) is 2.37. The number of carboxylic acids is 1. The van der Waals surface area contributed by atoms with Crippen LogP contribution in [0.1, 0.15) is 25.7 Å². The van der Waals surface area contributed by atoms with E-state index in [4.69, 9.17) is 5.11 Å². The molecule has 8 heteroatoms. The highest BCUT2D eigenvalue weighted by molar-refractivity contribution is 6.02. The Kier molecular flexibility index (Phi) is 4.21. The second-order valence-electron chi connectivity index (χ2n) is 5.18. The van der Waals surface area contributed by atoms with Crippen molar-refractivity contribution < 1.29 is 24.3 Å². The van der Waals surface area contributed by atoms with Gasteiger partial charge in [-0.2, -0.15) is 0 Å². The van der Waals surface area contributed by atoms with E-state index in [1.54, 1.807) is 0 Å². The van der Waals surface area contributed by atoms with Gasteiger partial charge in [-0.25, -0.2) is 4.79 Å². The van der Waals surface area contributed by atoms with Crippen LogP contribution in [-0.4, -0.2) is 53.0 Å². The van der Waals surface area contributed by atoms with Gasteiger partial charge in [0.2, 0.25) is 11.8 Å². The Bertz CT molecular complexity index is 434. The molecule has 2 fully saturated rings. The van der Waals surface area contributed by atoms with Crippen LogP contribution in [0.2, 0.25) is 0 Å². The fourth-order valence-electron chi connectivity index (χ4n) is 2.59. The minimum absolute atomic E-state index is 0.160. The van der Waals surface area contributed by atoms with Crippen molar-refractivity contribution in [1.29, 1.82) is 0 Å². The number of rotatable bonds is 2. The molecule has 1 aliphatic heterocycles. The first-order chi connectivity index (χ1) is 9.45. The zero-order valence-electron chi connectivity index (χ0n) is 10.9. The lowest BCUT2D eigenvalue weighted by atomic mass is 9.86. The maximum Gasteiger partial charge on any atom is 0.318 e. The first-order valence-corrected chi connectivity index (χ1v) is 6.56. The number of carbonyl (C=O) groups is 4. The van der Waals surface area contributed by atoms with Gasteiger partial charge in [-0.3, -0.25) is 19.7 Å². The Morgan fingerprint density at radius 3 is 2.45 bits per heavy atom. The number of urea groups is 1. The fourth-order valence-corrected chi connectivity index (χ4v) is 2.59. The van der Waals surface area contributed by atoms with Crippen LogP contribution in [0.5, 0.6) is 0 Å². The van der Waals surface area contributed by atoms with Crippen molar-refractivity contribution >= 4 is 23.8 Å². The average molecular weight is 283 g/mol. The molecule has 1 aliphatic carbocycles.